The van der Waals surface area contributed by atoms with Crippen LogP contribution in [0.2, 0.25) is 0 Å². The van der Waals surface area contributed by atoms with Crippen LogP contribution in [0, 0.1) is 0 Å². The Balaban J connectivity index is 4.27. The average Bonchev–Trinajstić information content (AvgIpc) is 3.27. The molecule has 364 valence electrons. The van der Waals surface area contributed by atoms with Gasteiger partial charge >= 0.3 is 17.9 Å². The first-order valence-electron chi connectivity index (χ1n) is 27.3. The van der Waals surface area contributed by atoms with Crippen molar-refractivity contribution in [3.05, 3.63) is 24.3 Å². The molecule has 0 aromatic carbocycles. The van der Waals surface area contributed by atoms with Crippen LogP contribution >= 0.6 is 0 Å². The summed E-state index contributed by atoms with van der Waals surface area (Å²) in [6.45, 7) is 6.59. The fourth-order valence-corrected chi connectivity index (χ4v) is 8.03. The van der Waals surface area contributed by atoms with Gasteiger partial charge in [-0.1, -0.05) is 238 Å². The van der Waals surface area contributed by atoms with E-state index in [9.17, 15) is 14.4 Å². The minimum Gasteiger partial charge on any atom is -0.462 e. The van der Waals surface area contributed by atoms with Gasteiger partial charge in [-0.3, -0.25) is 14.4 Å². The van der Waals surface area contributed by atoms with Gasteiger partial charge in [0.05, 0.1) is 0 Å². The third kappa shape index (κ3) is 48.9. The Morgan fingerprint density at radius 3 is 0.871 bits per heavy atom. The molecule has 0 aliphatic heterocycles. The molecule has 0 radical (unpaired) electrons. The predicted molar refractivity (Wildman–Crippen MR) is 266 cm³/mol. The van der Waals surface area contributed by atoms with E-state index in [-0.39, 0.29) is 31.1 Å². The Labute approximate surface area is 385 Å². The number of esters is 3. The van der Waals surface area contributed by atoms with Crippen LogP contribution in [-0.2, 0) is 28.6 Å². The Hall–Kier alpha value is -2.11. The van der Waals surface area contributed by atoms with E-state index in [2.05, 4.69) is 45.1 Å². The van der Waals surface area contributed by atoms with Crippen LogP contribution in [-0.4, -0.2) is 37.2 Å². The minimum atomic E-state index is -0.774. The molecular formula is C56H104O6. The lowest BCUT2D eigenvalue weighted by molar-refractivity contribution is -0.167. The molecule has 0 aliphatic carbocycles. The van der Waals surface area contributed by atoms with E-state index >= 15 is 0 Å². The highest BCUT2D eigenvalue weighted by Gasteiger charge is 2.19. The maximum absolute atomic E-state index is 12.8. The number of unbranched alkanes of at least 4 members (excludes halogenated alkanes) is 35. The number of hydrogen-bond acceptors (Lipinski definition) is 6. The third-order valence-corrected chi connectivity index (χ3v) is 12.2. The third-order valence-electron chi connectivity index (χ3n) is 12.2. The van der Waals surface area contributed by atoms with Gasteiger partial charge in [0.15, 0.2) is 6.10 Å². The van der Waals surface area contributed by atoms with Crippen LogP contribution in [0.25, 0.3) is 0 Å². The molecule has 62 heavy (non-hydrogen) atoms. The average molecular weight is 873 g/mol. The first-order valence-corrected chi connectivity index (χ1v) is 27.3. The molecule has 0 amide bonds. The highest BCUT2D eigenvalue weighted by atomic mass is 16.6. The molecule has 6 heteroatoms. The largest absolute Gasteiger partial charge is 0.462 e. The lowest BCUT2D eigenvalue weighted by atomic mass is 10.0. The standard InChI is InChI=1S/C56H104O6/c1-4-7-10-13-16-19-22-24-26-27-28-29-31-32-34-37-40-43-46-49-55(58)61-52-53(51-60-54(57)48-45-42-39-36-21-18-15-12-9-6-3)62-56(59)50-47-44-41-38-35-33-30-25-23-20-17-14-11-8-5-2/h12,15,25,30,53H,4-11,13-14,16-24,26-29,31-52H2,1-3H3/b15-12-,30-25-. The van der Waals surface area contributed by atoms with Crippen LogP contribution in [0.3, 0.4) is 0 Å². The Kier molecular flexibility index (Phi) is 49.8. The normalized spacial score (nSPS) is 12.1. The van der Waals surface area contributed by atoms with E-state index in [4.69, 9.17) is 14.2 Å². The van der Waals surface area contributed by atoms with Crippen LogP contribution in [0.4, 0.5) is 0 Å². The zero-order valence-electron chi connectivity index (χ0n) is 41.7. The molecule has 1 atom stereocenters. The van der Waals surface area contributed by atoms with Gasteiger partial charge in [0, 0.05) is 19.3 Å². The van der Waals surface area contributed by atoms with Gasteiger partial charge < -0.3 is 14.2 Å². The van der Waals surface area contributed by atoms with Gasteiger partial charge in [-0.2, -0.15) is 0 Å². The van der Waals surface area contributed by atoms with Crippen molar-refractivity contribution in [3.63, 3.8) is 0 Å². The molecule has 0 aromatic rings. The summed E-state index contributed by atoms with van der Waals surface area (Å²) in [5.74, 6) is -0.878. The summed E-state index contributed by atoms with van der Waals surface area (Å²) in [4.78, 5) is 38.0. The minimum absolute atomic E-state index is 0.0734. The number of carbonyl (C=O) groups is 3. The Bertz CT molecular complexity index is 1000. The van der Waals surface area contributed by atoms with Crippen molar-refractivity contribution in [1.82, 2.24) is 0 Å². The molecule has 0 bridgehead atoms. The number of rotatable bonds is 50. The van der Waals surface area contributed by atoms with E-state index < -0.39 is 6.10 Å². The number of hydrogen-bond donors (Lipinski definition) is 0. The smallest absolute Gasteiger partial charge is 0.306 e. The fourth-order valence-electron chi connectivity index (χ4n) is 8.03. The van der Waals surface area contributed by atoms with Crippen molar-refractivity contribution < 1.29 is 28.6 Å². The maximum Gasteiger partial charge on any atom is 0.306 e. The molecule has 0 heterocycles. The highest BCUT2D eigenvalue weighted by molar-refractivity contribution is 5.71. The van der Waals surface area contributed by atoms with E-state index in [0.29, 0.717) is 19.3 Å². The quantitative estimate of drug-likeness (QED) is 0.0262. The van der Waals surface area contributed by atoms with E-state index in [1.807, 2.05) is 0 Å². The van der Waals surface area contributed by atoms with Crippen LogP contribution < -0.4 is 0 Å². The Morgan fingerprint density at radius 2 is 0.565 bits per heavy atom. The lowest BCUT2D eigenvalue weighted by Crippen LogP contribution is -2.30. The zero-order valence-corrected chi connectivity index (χ0v) is 41.7. The summed E-state index contributed by atoms with van der Waals surface area (Å²) in [6.07, 6.45) is 58.9. The molecule has 1 unspecified atom stereocenters. The molecule has 0 fully saturated rings. The summed E-state index contributed by atoms with van der Waals surface area (Å²) < 4.78 is 16.8. The number of carbonyl (C=O) groups excluding carboxylic acids is 3. The molecule has 6 nitrogen and oxygen atoms in total. The summed E-state index contributed by atoms with van der Waals surface area (Å²) in [7, 11) is 0. The lowest BCUT2D eigenvalue weighted by Gasteiger charge is -2.18. The van der Waals surface area contributed by atoms with Crippen LogP contribution in [0.1, 0.15) is 297 Å². The summed E-state index contributed by atoms with van der Waals surface area (Å²) >= 11 is 0. The molecule has 0 spiro atoms. The molecule has 0 N–H and O–H groups in total. The first kappa shape index (κ1) is 59.9. The summed E-state index contributed by atoms with van der Waals surface area (Å²) in [5, 5.41) is 0. The monoisotopic (exact) mass is 873 g/mol. The molecule has 0 saturated carbocycles. The second-order valence-electron chi connectivity index (χ2n) is 18.5. The van der Waals surface area contributed by atoms with Gasteiger partial charge in [-0.25, -0.2) is 0 Å². The molecule has 0 aliphatic rings. The van der Waals surface area contributed by atoms with Crippen molar-refractivity contribution in [2.24, 2.45) is 0 Å². The van der Waals surface area contributed by atoms with Crippen molar-refractivity contribution in [2.75, 3.05) is 13.2 Å². The van der Waals surface area contributed by atoms with Crippen LogP contribution in [0.15, 0.2) is 24.3 Å². The highest BCUT2D eigenvalue weighted by Crippen LogP contribution is 2.16. The van der Waals surface area contributed by atoms with E-state index in [0.717, 1.165) is 77.0 Å². The van der Waals surface area contributed by atoms with Gasteiger partial charge in [-0.15, -0.1) is 0 Å². The Morgan fingerprint density at radius 1 is 0.306 bits per heavy atom. The van der Waals surface area contributed by atoms with Gasteiger partial charge in [0.1, 0.15) is 13.2 Å². The van der Waals surface area contributed by atoms with Gasteiger partial charge in [0.2, 0.25) is 0 Å². The van der Waals surface area contributed by atoms with Crippen molar-refractivity contribution in [2.45, 2.75) is 303 Å². The maximum atomic E-state index is 12.8. The molecular weight excluding hydrogens is 769 g/mol. The summed E-state index contributed by atoms with van der Waals surface area (Å²) in [5.41, 5.74) is 0. The SMILES string of the molecule is CCC/C=C\CCCCCCCC(=O)OCC(COC(=O)CCCCCCCCCCCCCCCCCCCCC)OC(=O)CCCCCCC/C=C\CCCCCCCC. The van der Waals surface area contributed by atoms with Gasteiger partial charge in [-0.05, 0) is 64.2 Å². The molecule has 0 aromatic heterocycles. The zero-order chi connectivity index (χ0) is 45.1. The van der Waals surface area contributed by atoms with Crippen molar-refractivity contribution in [3.8, 4) is 0 Å². The van der Waals surface area contributed by atoms with E-state index in [1.165, 1.54) is 180 Å². The van der Waals surface area contributed by atoms with E-state index in [1.54, 1.807) is 0 Å². The van der Waals surface area contributed by atoms with Crippen LogP contribution in [0.5, 0.6) is 0 Å². The topological polar surface area (TPSA) is 78.9 Å². The second-order valence-corrected chi connectivity index (χ2v) is 18.5. The molecule has 0 saturated heterocycles. The van der Waals surface area contributed by atoms with Crippen molar-refractivity contribution in [1.29, 1.82) is 0 Å². The second kappa shape index (κ2) is 51.5. The first-order chi connectivity index (χ1) is 30.5. The molecule has 0 rings (SSSR count). The fraction of sp³-hybridized carbons (Fsp3) is 0.875. The number of ether oxygens (including phenoxy) is 3. The van der Waals surface area contributed by atoms with Crippen molar-refractivity contribution >= 4 is 17.9 Å². The number of allylic oxidation sites excluding steroid dienone is 4. The summed E-state index contributed by atoms with van der Waals surface area (Å²) in [6, 6.07) is 0. The van der Waals surface area contributed by atoms with Gasteiger partial charge in [0.25, 0.3) is 0 Å². The predicted octanol–water partition coefficient (Wildman–Crippen LogP) is 17.9.